The molecule has 1 aromatic heterocycles. The number of nitrogens with one attached hydrogen (secondary N) is 1. The van der Waals surface area contributed by atoms with Crippen molar-refractivity contribution in [3.05, 3.63) is 86.9 Å². The van der Waals surface area contributed by atoms with Gasteiger partial charge >= 0.3 is 0 Å². The van der Waals surface area contributed by atoms with Gasteiger partial charge in [-0.15, -0.1) is 0 Å². The van der Waals surface area contributed by atoms with Crippen molar-refractivity contribution in [1.82, 2.24) is 9.97 Å². The summed E-state index contributed by atoms with van der Waals surface area (Å²) in [7, 11) is 0. The van der Waals surface area contributed by atoms with Crippen LogP contribution in [-0.4, -0.2) is 9.97 Å². The molecule has 0 aliphatic rings. The van der Waals surface area contributed by atoms with Gasteiger partial charge in [0.2, 0.25) is 0 Å². The SMILES string of the molecule is Cc1[nH]c(C(C)c2ccccc2)nc1Cc1ccc(Cl)c(Cl)c1. The van der Waals surface area contributed by atoms with E-state index in [4.69, 9.17) is 28.2 Å². The first-order chi connectivity index (χ1) is 11.0. The Morgan fingerprint density at radius 3 is 2.48 bits per heavy atom. The molecule has 23 heavy (non-hydrogen) atoms. The van der Waals surface area contributed by atoms with E-state index in [-0.39, 0.29) is 5.92 Å². The normalized spacial score (nSPS) is 12.3. The molecule has 1 atom stereocenters. The smallest absolute Gasteiger partial charge is 0.113 e. The molecule has 118 valence electrons. The molecule has 0 saturated heterocycles. The highest BCUT2D eigenvalue weighted by atomic mass is 35.5. The average molecular weight is 345 g/mol. The van der Waals surface area contributed by atoms with Crippen molar-refractivity contribution in [3.63, 3.8) is 0 Å². The zero-order valence-corrected chi connectivity index (χ0v) is 14.6. The second-order valence-electron chi connectivity index (χ2n) is 5.75. The summed E-state index contributed by atoms with van der Waals surface area (Å²) in [5, 5.41) is 1.16. The third-order valence-corrected chi connectivity index (χ3v) is 4.81. The van der Waals surface area contributed by atoms with E-state index in [1.54, 1.807) is 0 Å². The number of halogens is 2. The number of imidazole rings is 1. The van der Waals surface area contributed by atoms with Crippen LogP contribution in [0.15, 0.2) is 48.5 Å². The van der Waals surface area contributed by atoms with Gasteiger partial charge in [-0.2, -0.15) is 0 Å². The third kappa shape index (κ3) is 3.60. The van der Waals surface area contributed by atoms with E-state index in [1.165, 1.54) is 5.56 Å². The van der Waals surface area contributed by atoms with E-state index >= 15 is 0 Å². The molecule has 4 heteroatoms. The van der Waals surface area contributed by atoms with Crippen molar-refractivity contribution in [3.8, 4) is 0 Å². The van der Waals surface area contributed by atoms with E-state index in [9.17, 15) is 0 Å². The molecule has 1 heterocycles. The van der Waals surface area contributed by atoms with Gasteiger partial charge in [-0.05, 0) is 30.2 Å². The standard InChI is InChI=1S/C19H18Cl2N2/c1-12(15-6-4-3-5-7-15)19-22-13(2)18(23-19)11-14-8-9-16(20)17(21)10-14/h3-10,12H,11H2,1-2H3,(H,22,23). The van der Waals surface area contributed by atoms with Gasteiger partial charge in [-0.25, -0.2) is 4.98 Å². The monoisotopic (exact) mass is 344 g/mol. The number of aromatic nitrogens is 2. The average Bonchev–Trinajstić information content (AvgIpc) is 2.92. The Hall–Kier alpha value is -1.77. The van der Waals surface area contributed by atoms with Gasteiger partial charge < -0.3 is 4.98 Å². The molecular weight excluding hydrogens is 327 g/mol. The van der Waals surface area contributed by atoms with Crippen molar-refractivity contribution >= 4 is 23.2 Å². The summed E-state index contributed by atoms with van der Waals surface area (Å²) in [4.78, 5) is 8.22. The minimum atomic E-state index is 0.234. The summed E-state index contributed by atoms with van der Waals surface area (Å²) in [6, 6.07) is 16.1. The largest absolute Gasteiger partial charge is 0.345 e. The number of benzene rings is 2. The lowest BCUT2D eigenvalue weighted by Crippen LogP contribution is -1.98. The van der Waals surface area contributed by atoms with E-state index in [0.29, 0.717) is 10.0 Å². The first-order valence-corrected chi connectivity index (χ1v) is 8.34. The molecule has 0 radical (unpaired) electrons. The molecular formula is C19H18Cl2N2. The Balaban J connectivity index is 1.85. The van der Waals surface area contributed by atoms with Gasteiger partial charge in [0, 0.05) is 18.0 Å². The Labute approximate surface area is 146 Å². The van der Waals surface area contributed by atoms with Crippen LogP contribution in [0.5, 0.6) is 0 Å². The summed E-state index contributed by atoms with van der Waals surface area (Å²) in [5.74, 6) is 1.22. The van der Waals surface area contributed by atoms with Gasteiger partial charge in [0.25, 0.3) is 0 Å². The molecule has 0 amide bonds. The fraction of sp³-hybridized carbons (Fsp3) is 0.211. The van der Waals surface area contributed by atoms with Gasteiger partial charge in [0.1, 0.15) is 5.82 Å². The van der Waals surface area contributed by atoms with Gasteiger partial charge in [-0.3, -0.25) is 0 Å². The fourth-order valence-electron chi connectivity index (χ4n) is 2.64. The minimum Gasteiger partial charge on any atom is -0.345 e. The van der Waals surface area contributed by atoms with E-state index in [2.05, 4.69) is 43.1 Å². The molecule has 2 aromatic carbocycles. The number of nitrogens with zero attached hydrogens (tertiary/aromatic N) is 1. The van der Waals surface area contributed by atoms with Crippen LogP contribution >= 0.6 is 23.2 Å². The highest BCUT2D eigenvalue weighted by Gasteiger charge is 2.15. The van der Waals surface area contributed by atoms with E-state index < -0.39 is 0 Å². The number of aromatic amines is 1. The minimum absolute atomic E-state index is 0.234. The maximum atomic E-state index is 6.10. The number of H-pyrrole nitrogens is 1. The van der Waals surface area contributed by atoms with Crippen LogP contribution in [0.25, 0.3) is 0 Å². The highest BCUT2D eigenvalue weighted by molar-refractivity contribution is 6.42. The molecule has 3 rings (SSSR count). The molecule has 1 N–H and O–H groups in total. The lowest BCUT2D eigenvalue weighted by atomic mass is 10.0. The molecule has 3 aromatic rings. The van der Waals surface area contributed by atoms with Crippen LogP contribution in [0.2, 0.25) is 10.0 Å². The zero-order valence-electron chi connectivity index (χ0n) is 13.1. The second kappa shape index (κ2) is 6.77. The maximum absolute atomic E-state index is 6.10. The molecule has 0 bridgehead atoms. The molecule has 2 nitrogen and oxygen atoms in total. The molecule has 0 aliphatic heterocycles. The second-order valence-corrected chi connectivity index (χ2v) is 6.57. The van der Waals surface area contributed by atoms with Crippen LogP contribution in [0.1, 0.15) is 41.2 Å². The number of hydrogen-bond donors (Lipinski definition) is 1. The van der Waals surface area contributed by atoms with Gasteiger partial charge in [-0.1, -0.05) is 66.5 Å². The summed E-state index contributed by atoms with van der Waals surface area (Å²) in [6.07, 6.45) is 0.737. The predicted molar refractivity (Wildman–Crippen MR) is 96.6 cm³/mol. The molecule has 0 fully saturated rings. The number of hydrogen-bond acceptors (Lipinski definition) is 1. The first kappa shape index (κ1) is 16.1. The quantitative estimate of drug-likeness (QED) is 0.639. The summed E-state index contributed by atoms with van der Waals surface area (Å²) in [6.45, 7) is 4.22. The van der Waals surface area contributed by atoms with Crippen molar-refractivity contribution in [2.24, 2.45) is 0 Å². The summed E-state index contributed by atoms with van der Waals surface area (Å²) >= 11 is 12.1. The zero-order chi connectivity index (χ0) is 16.4. The van der Waals surface area contributed by atoms with E-state index in [0.717, 1.165) is 29.2 Å². The summed E-state index contributed by atoms with van der Waals surface area (Å²) < 4.78 is 0. The Morgan fingerprint density at radius 1 is 1.04 bits per heavy atom. The lowest BCUT2D eigenvalue weighted by molar-refractivity contribution is 0.832. The first-order valence-electron chi connectivity index (χ1n) is 7.59. The number of aryl methyl sites for hydroxylation is 1. The maximum Gasteiger partial charge on any atom is 0.113 e. The van der Waals surface area contributed by atoms with Crippen LogP contribution in [0, 0.1) is 6.92 Å². The Morgan fingerprint density at radius 2 is 1.78 bits per heavy atom. The Kier molecular flexibility index (Phi) is 4.74. The van der Waals surface area contributed by atoms with Crippen molar-refractivity contribution < 1.29 is 0 Å². The van der Waals surface area contributed by atoms with Crippen molar-refractivity contribution in [2.45, 2.75) is 26.2 Å². The van der Waals surface area contributed by atoms with Gasteiger partial charge in [0.15, 0.2) is 0 Å². The van der Waals surface area contributed by atoms with Crippen LogP contribution < -0.4 is 0 Å². The van der Waals surface area contributed by atoms with Crippen LogP contribution in [-0.2, 0) is 6.42 Å². The molecule has 0 aliphatic carbocycles. The molecule has 0 saturated carbocycles. The van der Waals surface area contributed by atoms with Crippen LogP contribution in [0.3, 0.4) is 0 Å². The topological polar surface area (TPSA) is 28.7 Å². The lowest BCUT2D eigenvalue weighted by Gasteiger charge is -2.08. The van der Waals surface area contributed by atoms with Crippen LogP contribution in [0.4, 0.5) is 0 Å². The highest BCUT2D eigenvalue weighted by Crippen LogP contribution is 2.26. The fourth-order valence-corrected chi connectivity index (χ4v) is 2.96. The molecule has 1 unspecified atom stereocenters. The summed E-state index contributed by atoms with van der Waals surface area (Å²) in [5.41, 5.74) is 4.49. The number of rotatable bonds is 4. The van der Waals surface area contributed by atoms with Crippen molar-refractivity contribution in [2.75, 3.05) is 0 Å². The predicted octanol–water partition coefficient (Wildman–Crippen LogP) is 5.77. The van der Waals surface area contributed by atoms with E-state index in [1.807, 2.05) is 24.3 Å². The van der Waals surface area contributed by atoms with Gasteiger partial charge in [0.05, 0.1) is 15.7 Å². The Bertz CT molecular complexity index is 809. The van der Waals surface area contributed by atoms with Crippen molar-refractivity contribution in [1.29, 1.82) is 0 Å². The third-order valence-electron chi connectivity index (χ3n) is 4.07. The molecule has 0 spiro atoms.